The molecule has 0 unspecified atom stereocenters. The van der Waals surface area contributed by atoms with Crippen molar-refractivity contribution in [3.8, 4) is 5.75 Å². The third kappa shape index (κ3) is 3.62. The molecule has 0 aromatic heterocycles. The molecule has 5 nitrogen and oxygen atoms in total. The van der Waals surface area contributed by atoms with Crippen molar-refractivity contribution >= 4 is 34.5 Å². The standard InChI is InChI=1S/C14H16INO4/c15-10-3-5-11(6-4-10)20-9-12(17)16-14(13(18)19)7-1-2-8-14/h3-6H,1-2,7-9H2,(H,16,17)(H,18,19). The Labute approximate surface area is 130 Å². The number of ether oxygens (including phenoxy) is 1. The summed E-state index contributed by atoms with van der Waals surface area (Å²) in [6.45, 7) is -0.171. The molecule has 0 bridgehead atoms. The van der Waals surface area contributed by atoms with E-state index in [4.69, 9.17) is 4.74 Å². The molecule has 108 valence electrons. The lowest BCUT2D eigenvalue weighted by Crippen LogP contribution is -2.53. The molecule has 0 saturated heterocycles. The van der Waals surface area contributed by atoms with Crippen LogP contribution in [0.5, 0.6) is 5.75 Å². The first-order valence-corrected chi connectivity index (χ1v) is 7.52. The molecule has 2 N–H and O–H groups in total. The smallest absolute Gasteiger partial charge is 0.329 e. The first-order valence-electron chi connectivity index (χ1n) is 6.45. The Kier molecular flexibility index (Phi) is 4.85. The number of carbonyl (C=O) groups is 2. The maximum atomic E-state index is 11.8. The minimum Gasteiger partial charge on any atom is -0.484 e. The third-order valence-electron chi connectivity index (χ3n) is 3.43. The second kappa shape index (κ2) is 6.43. The summed E-state index contributed by atoms with van der Waals surface area (Å²) in [5.41, 5.74) is -1.10. The number of carbonyl (C=O) groups excluding carboxylic acids is 1. The fourth-order valence-corrected chi connectivity index (χ4v) is 2.71. The average Bonchev–Trinajstić information content (AvgIpc) is 2.88. The zero-order valence-corrected chi connectivity index (χ0v) is 13.1. The lowest BCUT2D eigenvalue weighted by Gasteiger charge is -2.25. The van der Waals surface area contributed by atoms with Crippen LogP contribution in [0.1, 0.15) is 25.7 Å². The highest BCUT2D eigenvalue weighted by Crippen LogP contribution is 2.29. The molecule has 20 heavy (non-hydrogen) atoms. The van der Waals surface area contributed by atoms with Crippen LogP contribution < -0.4 is 10.1 Å². The monoisotopic (exact) mass is 389 g/mol. The van der Waals surface area contributed by atoms with Crippen molar-refractivity contribution in [2.75, 3.05) is 6.61 Å². The van der Waals surface area contributed by atoms with Crippen molar-refractivity contribution in [1.29, 1.82) is 0 Å². The summed E-state index contributed by atoms with van der Waals surface area (Å²) in [7, 11) is 0. The molecule has 1 aromatic carbocycles. The predicted molar refractivity (Wildman–Crippen MR) is 81.6 cm³/mol. The average molecular weight is 389 g/mol. The van der Waals surface area contributed by atoms with Gasteiger partial charge in [-0.25, -0.2) is 4.79 Å². The fraction of sp³-hybridized carbons (Fsp3) is 0.429. The summed E-state index contributed by atoms with van der Waals surface area (Å²) in [5, 5.41) is 11.9. The minimum absolute atomic E-state index is 0.171. The Morgan fingerprint density at radius 1 is 1.25 bits per heavy atom. The Hall–Kier alpha value is -1.31. The van der Waals surface area contributed by atoms with Gasteiger partial charge >= 0.3 is 5.97 Å². The number of hydrogen-bond donors (Lipinski definition) is 2. The van der Waals surface area contributed by atoms with Crippen LogP contribution in [0.4, 0.5) is 0 Å². The van der Waals surface area contributed by atoms with E-state index in [2.05, 4.69) is 27.9 Å². The molecule has 0 heterocycles. The predicted octanol–water partition coefficient (Wildman–Crippen LogP) is 2.18. The van der Waals surface area contributed by atoms with Gasteiger partial charge in [0.1, 0.15) is 11.3 Å². The lowest BCUT2D eigenvalue weighted by molar-refractivity contribution is -0.147. The molecule has 0 spiro atoms. The van der Waals surface area contributed by atoms with Gasteiger partial charge in [0, 0.05) is 3.57 Å². The Morgan fingerprint density at radius 2 is 1.85 bits per heavy atom. The molecule has 1 aromatic rings. The second-order valence-corrected chi connectivity index (χ2v) is 6.13. The maximum Gasteiger partial charge on any atom is 0.329 e. The summed E-state index contributed by atoms with van der Waals surface area (Å²) in [5.74, 6) is -0.762. The van der Waals surface area contributed by atoms with E-state index >= 15 is 0 Å². The van der Waals surface area contributed by atoms with Crippen LogP contribution in [0.15, 0.2) is 24.3 Å². The number of carboxylic acids is 1. The van der Waals surface area contributed by atoms with E-state index < -0.39 is 17.4 Å². The zero-order valence-electron chi connectivity index (χ0n) is 10.9. The number of halogens is 1. The van der Waals surface area contributed by atoms with Gasteiger partial charge in [0.2, 0.25) is 0 Å². The van der Waals surface area contributed by atoms with Crippen molar-refractivity contribution in [2.45, 2.75) is 31.2 Å². The molecule has 2 rings (SSSR count). The Balaban J connectivity index is 1.89. The van der Waals surface area contributed by atoms with Gasteiger partial charge in [-0.05, 0) is 59.7 Å². The van der Waals surface area contributed by atoms with E-state index in [1.807, 2.05) is 12.1 Å². The molecule has 0 radical (unpaired) electrons. The Bertz CT molecular complexity index is 494. The first-order chi connectivity index (χ1) is 9.52. The number of amides is 1. The zero-order chi connectivity index (χ0) is 14.6. The third-order valence-corrected chi connectivity index (χ3v) is 4.15. The van der Waals surface area contributed by atoms with E-state index in [9.17, 15) is 14.7 Å². The van der Waals surface area contributed by atoms with Crippen molar-refractivity contribution < 1.29 is 19.4 Å². The van der Waals surface area contributed by atoms with E-state index in [-0.39, 0.29) is 6.61 Å². The largest absolute Gasteiger partial charge is 0.484 e. The van der Waals surface area contributed by atoms with E-state index in [0.717, 1.165) is 16.4 Å². The number of benzene rings is 1. The normalized spacial score (nSPS) is 16.6. The SMILES string of the molecule is O=C(COc1ccc(I)cc1)NC1(C(=O)O)CCCC1. The summed E-state index contributed by atoms with van der Waals surface area (Å²) in [6.07, 6.45) is 2.62. The van der Waals surface area contributed by atoms with Crippen LogP contribution >= 0.6 is 22.6 Å². The summed E-state index contributed by atoms with van der Waals surface area (Å²) in [6, 6.07) is 7.31. The molecule has 1 aliphatic carbocycles. The molecule has 0 atom stereocenters. The van der Waals surface area contributed by atoms with Crippen molar-refractivity contribution in [3.63, 3.8) is 0 Å². The van der Waals surface area contributed by atoms with Crippen LogP contribution in [-0.4, -0.2) is 29.1 Å². The van der Waals surface area contributed by atoms with Gasteiger partial charge in [-0.1, -0.05) is 12.8 Å². The number of hydrogen-bond acceptors (Lipinski definition) is 3. The van der Waals surface area contributed by atoms with E-state index in [1.165, 1.54) is 0 Å². The number of aliphatic carboxylic acids is 1. The van der Waals surface area contributed by atoms with E-state index in [0.29, 0.717) is 18.6 Å². The Morgan fingerprint density at radius 3 is 2.40 bits per heavy atom. The van der Waals surface area contributed by atoms with Crippen LogP contribution in [0.2, 0.25) is 0 Å². The molecule has 6 heteroatoms. The number of nitrogens with one attached hydrogen (secondary N) is 1. The highest BCUT2D eigenvalue weighted by atomic mass is 127. The summed E-state index contributed by atoms with van der Waals surface area (Å²) in [4.78, 5) is 23.2. The molecular weight excluding hydrogens is 373 g/mol. The second-order valence-electron chi connectivity index (χ2n) is 4.89. The van der Waals surface area contributed by atoms with Gasteiger partial charge < -0.3 is 15.2 Å². The van der Waals surface area contributed by atoms with Crippen LogP contribution in [-0.2, 0) is 9.59 Å². The van der Waals surface area contributed by atoms with Gasteiger partial charge in [0.25, 0.3) is 5.91 Å². The lowest BCUT2D eigenvalue weighted by atomic mass is 9.98. The molecule has 0 aliphatic heterocycles. The van der Waals surface area contributed by atoms with Crippen LogP contribution in [0.3, 0.4) is 0 Å². The molecule has 1 aliphatic rings. The number of carboxylic acid groups (broad SMARTS) is 1. The van der Waals surface area contributed by atoms with Crippen molar-refractivity contribution in [3.05, 3.63) is 27.8 Å². The van der Waals surface area contributed by atoms with Crippen molar-refractivity contribution in [2.24, 2.45) is 0 Å². The topological polar surface area (TPSA) is 75.6 Å². The first kappa shape index (κ1) is 15.1. The van der Waals surface area contributed by atoms with Gasteiger partial charge in [0.05, 0.1) is 0 Å². The minimum atomic E-state index is -1.10. The van der Waals surface area contributed by atoms with Crippen molar-refractivity contribution in [1.82, 2.24) is 5.32 Å². The quantitative estimate of drug-likeness (QED) is 0.758. The van der Waals surface area contributed by atoms with E-state index in [1.54, 1.807) is 12.1 Å². The van der Waals surface area contributed by atoms with Crippen LogP contribution in [0, 0.1) is 3.57 Å². The fourth-order valence-electron chi connectivity index (χ4n) is 2.35. The maximum absolute atomic E-state index is 11.8. The highest BCUT2D eigenvalue weighted by molar-refractivity contribution is 14.1. The summed E-state index contributed by atoms with van der Waals surface area (Å²) < 4.78 is 6.43. The van der Waals surface area contributed by atoms with Gasteiger partial charge in [-0.3, -0.25) is 4.79 Å². The molecular formula is C14H16INO4. The van der Waals surface area contributed by atoms with Gasteiger partial charge in [-0.15, -0.1) is 0 Å². The molecule has 1 saturated carbocycles. The molecule has 1 amide bonds. The number of rotatable bonds is 5. The highest BCUT2D eigenvalue weighted by Gasteiger charge is 2.42. The van der Waals surface area contributed by atoms with Gasteiger partial charge in [-0.2, -0.15) is 0 Å². The molecule has 1 fully saturated rings. The van der Waals surface area contributed by atoms with Gasteiger partial charge in [0.15, 0.2) is 6.61 Å². The van der Waals surface area contributed by atoms with Crippen LogP contribution in [0.25, 0.3) is 0 Å². The summed E-state index contributed by atoms with van der Waals surface area (Å²) >= 11 is 2.18.